The number of hydrogen-bond acceptors (Lipinski definition) is 8. The van der Waals surface area contributed by atoms with Crippen molar-refractivity contribution in [2.75, 3.05) is 52.6 Å². The molecule has 0 spiro atoms. The molecule has 0 bridgehead atoms. The fourth-order valence-corrected chi connectivity index (χ4v) is 5.42. The lowest BCUT2D eigenvalue weighted by Gasteiger charge is -2.24. The molecule has 2 atom stereocenters. The number of aliphatic hydroxyl groups is 2. The second-order valence-corrected chi connectivity index (χ2v) is 8.86. The lowest BCUT2D eigenvalue weighted by Crippen LogP contribution is -2.32. The molecule has 1 aliphatic carbocycles. The Morgan fingerprint density at radius 2 is 1.26 bits per heavy atom. The van der Waals surface area contributed by atoms with Gasteiger partial charge in [0.1, 0.15) is 0 Å². The summed E-state index contributed by atoms with van der Waals surface area (Å²) in [6.45, 7) is 4.63. The van der Waals surface area contributed by atoms with Crippen LogP contribution in [0.4, 0.5) is 0 Å². The molecule has 0 aromatic carbocycles. The van der Waals surface area contributed by atoms with Crippen molar-refractivity contribution in [2.24, 2.45) is 0 Å². The summed E-state index contributed by atoms with van der Waals surface area (Å²) < 4.78 is 16.2. The summed E-state index contributed by atoms with van der Waals surface area (Å²) in [5, 5.41) is 18.0. The average molecular weight is 592 g/mol. The van der Waals surface area contributed by atoms with Crippen LogP contribution in [-0.4, -0.2) is 83.6 Å². The number of nitrogens with zero attached hydrogens (tertiary/aromatic N) is 2. The normalized spacial score (nSPS) is 21.7. The van der Waals surface area contributed by atoms with Crippen LogP contribution in [0.5, 0.6) is 0 Å². The van der Waals surface area contributed by atoms with Gasteiger partial charge in [-0.3, -0.25) is 0 Å². The van der Waals surface area contributed by atoms with Gasteiger partial charge in [-0.1, -0.05) is 0 Å². The maximum atomic E-state index is 8.98. The molecular weight excluding hydrogens is 566 g/mol. The summed E-state index contributed by atoms with van der Waals surface area (Å²) in [5.74, 6) is 0. The summed E-state index contributed by atoms with van der Waals surface area (Å²) in [6.07, 6.45) is 3.64. The fraction of sp³-hybridized carbons (Fsp3) is 1.00. The highest BCUT2D eigenvalue weighted by Crippen LogP contribution is 2.26. The van der Waals surface area contributed by atoms with Gasteiger partial charge in [-0.15, -0.1) is 0 Å². The fourth-order valence-electron chi connectivity index (χ4n) is 2.47. The van der Waals surface area contributed by atoms with Gasteiger partial charge in [0.15, 0.2) is 0 Å². The smallest absolute Gasteiger partial charge is 0.0837 e. The largest absolute Gasteiger partial charge is 0.395 e. The molecule has 0 aliphatic heterocycles. The highest BCUT2D eigenvalue weighted by molar-refractivity contribution is 14.2. The van der Waals surface area contributed by atoms with Crippen molar-refractivity contribution in [3.63, 3.8) is 0 Å². The van der Waals surface area contributed by atoms with E-state index in [9.17, 15) is 0 Å². The minimum Gasteiger partial charge on any atom is -0.395 e. The SMILES string of the molecule is OCCN(CCOC1CCCC1OCCN(CCO)SI)SI. The van der Waals surface area contributed by atoms with E-state index < -0.39 is 0 Å². The first-order valence-corrected chi connectivity index (χ1v) is 14.4. The molecule has 0 saturated heterocycles. The summed E-state index contributed by atoms with van der Waals surface area (Å²) in [5.41, 5.74) is 0. The molecular formula is C13H26I2N2O4S2. The van der Waals surface area contributed by atoms with Gasteiger partial charge in [0.05, 0.1) is 38.6 Å². The van der Waals surface area contributed by atoms with E-state index in [1.54, 1.807) is 18.2 Å². The zero-order valence-electron chi connectivity index (χ0n) is 13.1. The summed E-state index contributed by atoms with van der Waals surface area (Å²) >= 11 is 4.45. The van der Waals surface area contributed by atoms with E-state index >= 15 is 0 Å². The van der Waals surface area contributed by atoms with Crippen molar-refractivity contribution in [3.05, 3.63) is 0 Å². The standard InChI is InChI=1S/C13H26I2N2O4S2/c14-22-16(4-8-18)6-10-20-12-2-1-3-13(12)21-11-7-17(23-15)5-9-19/h12-13,18-19H,1-11H2. The zero-order valence-corrected chi connectivity index (χ0v) is 19.1. The van der Waals surface area contributed by atoms with Gasteiger partial charge in [0, 0.05) is 68.6 Å². The maximum Gasteiger partial charge on any atom is 0.0837 e. The Balaban J connectivity index is 2.20. The molecule has 1 rings (SSSR count). The molecule has 2 unspecified atom stereocenters. The first kappa shape index (κ1) is 23.0. The van der Waals surface area contributed by atoms with Crippen LogP contribution >= 0.6 is 60.6 Å². The number of ether oxygens (including phenoxy) is 2. The highest BCUT2D eigenvalue weighted by atomic mass is 127. The Bertz CT molecular complexity index is 273. The van der Waals surface area contributed by atoms with Crippen molar-refractivity contribution >= 4 is 60.6 Å². The third kappa shape index (κ3) is 9.99. The van der Waals surface area contributed by atoms with E-state index in [2.05, 4.69) is 51.0 Å². The van der Waals surface area contributed by atoms with Gasteiger partial charge in [-0.2, -0.15) is 0 Å². The lowest BCUT2D eigenvalue weighted by atomic mass is 10.2. The number of rotatable bonds is 14. The molecule has 1 fully saturated rings. The van der Waals surface area contributed by atoms with Crippen molar-refractivity contribution < 1.29 is 19.7 Å². The van der Waals surface area contributed by atoms with Crippen LogP contribution in [-0.2, 0) is 9.47 Å². The van der Waals surface area contributed by atoms with E-state index in [1.807, 2.05) is 0 Å². The third-order valence-corrected chi connectivity index (χ3v) is 8.09. The van der Waals surface area contributed by atoms with Crippen LogP contribution in [0.3, 0.4) is 0 Å². The lowest BCUT2D eigenvalue weighted by molar-refractivity contribution is -0.0585. The second-order valence-electron chi connectivity index (χ2n) is 5.19. The molecule has 0 aromatic heterocycles. The predicted molar refractivity (Wildman–Crippen MR) is 114 cm³/mol. The van der Waals surface area contributed by atoms with Gasteiger partial charge >= 0.3 is 0 Å². The van der Waals surface area contributed by atoms with Crippen LogP contribution in [0.25, 0.3) is 0 Å². The quantitative estimate of drug-likeness (QED) is 0.236. The first-order valence-electron chi connectivity index (χ1n) is 7.77. The van der Waals surface area contributed by atoms with Gasteiger partial charge in [-0.05, 0) is 37.5 Å². The van der Waals surface area contributed by atoms with E-state index in [0.29, 0.717) is 26.3 Å². The molecule has 0 radical (unpaired) electrons. The van der Waals surface area contributed by atoms with Crippen molar-refractivity contribution in [3.8, 4) is 0 Å². The second kappa shape index (κ2) is 15.0. The molecule has 10 heteroatoms. The van der Waals surface area contributed by atoms with Gasteiger partial charge in [0.2, 0.25) is 0 Å². The van der Waals surface area contributed by atoms with Gasteiger partial charge < -0.3 is 19.7 Å². The Labute approximate surface area is 171 Å². The van der Waals surface area contributed by atoms with Crippen LogP contribution in [0.1, 0.15) is 19.3 Å². The maximum absolute atomic E-state index is 8.98. The minimum atomic E-state index is 0.171. The predicted octanol–water partition coefficient (Wildman–Crippen LogP) is 2.53. The average Bonchev–Trinajstić information content (AvgIpc) is 3.00. The molecule has 0 heterocycles. The number of hydrogen-bond donors (Lipinski definition) is 2. The van der Waals surface area contributed by atoms with E-state index in [0.717, 1.165) is 32.4 Å². The Morgan fingerprint density at radius 1 is 0.826 bits per heavy atom. The number of halogens is 2. The first-order chi connectivity index (χ1) is 11.2. The van der Waals surface area contributed by atoms with Crippen molar-refractivity contribution in [1.82, 2.24) is 8.61 Å². The summed E-state index contributed by atoms with van der Waals surface area (Å²) in [7, 11) is 3.21. The number of aliphatic hydroxyl groups excluding tert-OH is 2. The molecule has 0 amide bonds. The summed E-state index contributed by atoms with van der Waals surface area (Å²) in [6, 6.07) is 0. The highest BCUT2D eigenvalue weighted by Gasteiger charge is 2.28. The van der Waals surface area contributed by atoms with Crippen molar-refractivity contribution in [2.45, 2.75) is 31.5 Å². The van der Waals surface area contributed by atoms with Crippen LogP contribution in [0.2, 0.25) is 0 Å². The van der Waals surface area contributed by atoms with Crippen LogP contribution in [0.15, 0.2) is 0 Å². The Morgan fingerprint density at radius 3 is 1.61 bits per heavy atom. The monoisotopic (exact) mass is 592 g/mol. The Hall–Kier alpha value is 1.92. The van der Waals surface area contributed by atoms with E-state index in [-0.39, 0.29) is 25.4 Å². The van der Waals surface area contributed by atoms with E-state index in [4.69, 9.17) is 19.7 Å². The molecule has 2 N–H and O–H groups in total. The molecule has 23 heavy (non-hydrogen) atoms. The molecule has 1 aliphatic rings. The van der Waals surface area contributed by atoms with Crippen LogP contribution in [0, 0.1) is 0 Å². The molecule has 6 nitrogen and oxygen atoms in total. The third-order valence-electron chi connectivity index (χ3n) is 3.63. The van der Waals surface area contributed by atoms with Gasteiger partial charge in [0.25, 0.3) is 0 Å². The van der Waals surface area contributed by atoms with Crippen LogP contribution < -0.4 is 0 Å². The molecule has 1 saturated carbocycles. The molecule has 0 aromatic rings. The minimum absolute atomic E-state index is 0.171. The van der Waals surface area contributed by atoms with E-state index in [1.165, 1.54) is 0 Å². The Kier molecular flexibility index (Phi) is 15.0. The van der Waals surface area contributed by atoms with Gasteiger partial charge in [-0.25, -0.2) is 8.61 Å². The summed E-state index contributed by atoms with van der Waals surface area (Å²) in [4.78, 5) is 0. The topological polar surface area (TPSA) is 65.4 Å². The van der Waals surface area contributed by atoms with Crippen molar-refractivity contribution in [1.29, 1.82) is 0 Å². The molecule has 138 valence electrons. The zero-order chi connectivity index (χ0) is 16.9.